The molecule has 2 aromatic heterocycles. The molecule has 62 heavy (non-hydrogen) atoms. The molecular formula is C59H36N2O. The molecule has 9 aromatic carbocycles. The lowest BCUT2D eigenvalue weighted by Gasteiger charge is -2.35. The van der Waals surface area contributed by atoms with Gasteiger partial charge < -0.3 is 4.42 Å². The van der Waals surface area contributed by atoms with Crippen molar-refractivity contribution in [1.29, 1.82) is 0 Å². The number of nitrogens with zero attached hydrogens (tertiary/aromatic N) is 2. The van der Waals surface area contributed by atoms with Crippen molar-refractivity contribution < 1.29 is 4.42 Å². The van der Waals surface area contributed by atoms with Crippen LogP contribution in [0.1, 0.15) is 22.3 Å². The van der Waals surface area contributed by atoms with Gasteiger partial charge in [0, 0.05) is 27.5 Å². The second-order valence-corrected chi connectivity index (χ2v) is 16.4. The maximum atomic E-state index is 6.41. The van der Waals surface area contributed by atoms with Crippen LogP contribution in [0.3, 0.4) is 0 Å². The van der Waals surface area contributed by atoms with Gasteiger partial charge in [-0.2, -0.15) is 0 Å². The molecule has 0 fully saturated rings. The molecule has 0 saturated heterocycles. The Bertz CT molecular complexity index is 3550. The summed E-state index contributed by atoms with van der Waals surface area (Å²) in [7, 11) is 0. The molecule has 288 valence electrons. The van der Waals surface area contributed by atoms with Crippen LogP contribution in [0, 0.1) is 0 Å². The summed E-state index contributed by atoms with van der Waals surface area (Å²) in [4.78, 5) is 10.8. The molecule has 0 N–H and O–H groups in total. The molecular weight excluding hydrogens is 753 g/mol. The number of hydrogen-bond acceptors (Lipinski definition) is 3. The molecule has 0 bridgehead atoms. The Morgan fingerprint density at radius 2 is 0.790 bits per heavy atom. The SMILES string of the molecule is c1ccc(-c2cccc(-c3nc(-c4ccc5c(c4)C4(c6ccccc6-c6ccccc6-5)c5ccccc5-c5ccccc54)cc(-c4ccc5c(c4)oc4ccccc45)n3)c2)cc1. The Morgan fingerprint density at radius 3 is 1.48 bits per heavy atom. The largest absolute Gasteiger partial charge is 0.456 e. The topological polar surface area (TPSA) is 38.9 Å². The lowest BCUT2D eigenvalue weighted by molar-refractivity contribution is 0.669. The Morgan fingerprint density at radius 1 is 0.290 bits per heavy atom. The summed E-state index contributed by atoms with van der Waals surface area (Å²) in [5.74, 6) is 0.664. The molecule has 2 heterocycles. The molecule has 2 aliphatic rings. The van der Waals surface area contributed by atoms with E-state index in [9.17, 15) is 0 Å². The third kappa shape index (κ3) is 5.06. The van der Waals surface area contributed by atoms with Crippen LogP contribution in [0.5, 0.6) is 0 Å². The zero-order chi connectivity index (χ0) is 40.8. The zero-order valence-electron chi connectivity index (χ0n) is 33.6. The Labute approximate surface area is 359 Å². The number of hydrogen-bond donors (Lipinski definition) is 0. The predicted molar refractivity (Wildman–Crippen MR) is 253 cm³/mol. The van der Waals surface area contributed by atoms with Crippen LogP contribution in [0.4, 0.5) is 0 Å². The summed E-state index contributed by atoms with van der Waals surface area (Å²) in [6.07, 6.45) is 0. The van der Waals surface area contributed by atoms with Crippen LogP contribution >= 0.6 is 0 Å². The number of benzene rings is 9. The van der Waals surface area contributed by atoms with Gasteiger partial charge in [-0.15, -0.1) is 0 Å². The molecule has 11 aromatic rings. The first-order chi connectivity index (χ1) is 30.7. The first kappa shape index (κ1) is 34.7. The average molecular weight is 789 g/mol. The molecule has 0 radical (unpaired) electrons. The molecule has 0 aliphatic heterocycles. The molecule has 0 unspecified atom stereocenters. The summed E-state index contributed by atoms with van der Waals surface area (Å²) in [5, 5.41) is 2.19. The van der Waals surface area contributed by atoms with Crippen molar-refractivity contribution in [3.63, 3.8) is 0 Å². The third-order valence-corrected chi connectivity index (χ3v) is 13.1. The lowest BCUT2D eigenvalue weighted by Crippen LogP contribution is -2.29. The van der Waals surface area contributed by atoms with Gasteiger partial charge in [0.1, 0.15) is 11.2 Å². The lowest BCUT2D eigenvalue weighted by atomic mass is 9.65. The molecule has 2 aliphatic carbocycles. The van der Waals surface area contributed by atoms with E-state index in [0.717, 1.165) is 61.1 Å². The summed E-state index contributed by atoms with van der Waals surface area (Å²) in [6.45, 7) is 0. The average Bonchev–Trinajstić information content (AvgIpc) is 3.84. The minimum Gasteiger partial charge on any atom is -0.456 e. The van der Waals surface area contributed by atoms with Crippen molar-refractivity contribution >= 4 is 21.9 Å². The number of rotatable bonds is 4. The van der Waals surface area contributed by atoms with E-state index >= 15 is 0 Å². The van der Waals surface area contributed by atoms with E-state index in [0.29, 0.717) is 5.82 Å². The number of para-hydroxylation sites is 1. The van der Waals surface area contributed by atoms with Gasteiger partial charge in [0.05, 0.1) is 16.8 Å². The molecule has 3 heteroatoms. The van der Waals surface area contributed by atoms with Gasteiger partial charge in [0.25, 0.3) is 0 Å². The standard InChI is InChI=1S/C59H36N2O/c1-2-15-37(16-3-1)38-17-14-18-41(33-38)58-60-54(36-55(61-58)40-30-32-49-48-24-9-13-28-56(48)62-57(49)35-40)39-29-31-47-43-20-5-4-19-42(43)44-21-6-10-25-50(44)59(53(47)34-39)51-26-11-7-22-45(51)46-23-8-12-27-52(46)59/h1-36H. The second-order valence-electron chi connectivity index (χ2n) is 16.4. The maximum Gasteiger partial charge on any atom is 0.160 e. The van der Waals surface area contributed by atoms with Crippen LogP contribution in [0.2, 0.25) is 0 Å². The number of fused-ring (bicyclic) bond motifs is 15. The monoisotopic (exact) mass is 788 g/mol. The van der Waals surface area contributed by atoms with E-state index in [1.807, 2.05) is 12.1 Å². The van der Waals surface area contributed by atoms with Gasteiger partial charge in [0.2, 0.25) is 0 Å². The highest BCUT2D eigenvalue weighted by Crippen LogP contribution is 2.61. The Kier molecular flexibility index (Phi) is 7.52. The van der Waals surface area contributed by atoms with Crippen LogP contribution in [0.25, 0.3) is 100 Å². The Hall–Kier alpha value is -8.14. The molecule has 0 amide bonds. The number of aromatic nitrogens is 2. The summed E-state index contributed by atoms with van der Waals surface area (Å²) in [5.41, 5.74) is 20.6. The second kappa shape index (κ2) is 13.4. The quantitative estimate of drug-likeness (QED) is 0.178. The highest BCUT2D eigenvalue weighted by Gasteiger charge is 2.49. The molecule has 0 atom stereocenters. The smallest absolute Gasteiger partial charge is 0.160 e. The van der Waals surface area contributed by atoms with Crippen LogP contribution in [-0.4, -0.2) is 9.97 Å². The van der Waals surface area contributed by atoms with E-state index in [4.69, 9.17) is 14.4 Å². The van der Waals surface area contributed by atoms with Crippen LogP contribution < -0.4 is 0 Å². The van der Waals surface area contributed by atoms with E-state index < -0.39 is 5.41 Å². The van der Waals surface area contributed by atoms with Gasteiger partial charge in [0.15, 0.2) is 5.82 Å². The van der Waals surface area contributed by atoms with Crippen LogP contribution in [-0.2, 0) is 5.41 Å². The van der Waals surface area contributed by atoms with Crippen molar-refractivity contribution in [2.75, 3.05) is 0 Å². The molecule has 0 saturated carbocycles. The highest BCUT2D eigenvalue weighted by atomic mass is 16.3. The summed E-state index contributed by atoms with van der Waals surface area (Å²) >= 11 is 0. The number of furan rings is 1. The van der Waals surface area contributed by atoms with Gasteiger partial charge in [-0.05, 0) is 103 Å². The molecule has 3 nitrogen and oxygen atoms in total. The fourth-order valence-corrected chi connectivity index (χ4v) is 10.4. The Balaban J connectivity index is 1.09. The van der Waals surface area contributed by atoms with Gasteiger partial charge in [-0.25, -0.2) is 9.97 Å². The molecule has 13 rings (SSSR count). The fourth-order valence-electron chi connectivity index (χ4n) is 10.4. The van der Waals surface area contributed by atoms with Gasteiger partial charge >= 0.3 is 0 Å². The van der Waals surface area contributed by atoms with E-state index in [2.05, 4.69) is 206 Å². The highest BCUT2D eigenvalue weighted by molar-refractivity contribution is 6.06. The van der Waals surface area contributed by atoms with Crippen LogP contribution in [0.15, 0.2) is 223 Å². The third-order valence-electron chi connectivity index (χ3n) is 13.1. The van der Waals surface area contributed by atoms with Crippen molar-refractivity contribution in [2.24, 2.45) is 0 Å². The van der Waals surface area contributed by atoms with Crippen molar-refractivity contribution in [1.82, 2.24) is 9.97 Å². The van der Waals surface area contributed by atoms with Crippen molar-refractivity contribution in [3.05, 3.63) is 241 Å². The van der Waals surface area contributed by atoms with E-state index in [1.54, 1.807) is 0 Å². The van der Waals surface area contributed by atoms with Crippen molar-refractivity contribution in [3.8, 4) is 78.4 Å². The van der Waals surface area contributed by atoms with E-state index in [1.165, 1.54) is 55.6 Å². The zero-order valence-corrected chi connectivity index (χ0v) is 33.6. The molecule has 1 spiro atoms. The van der Waals surface area contributed by atoms with Gasteiger partial charge in [-0.1, -0.05) is 182 Å². The normalized spacial score (nSPS) is 13.0. The van der Waals surface area contributed by atoms with Gasteiger partial charge in [-0.3, -0.25) is 0 Å². The maximum absolute atomic E-state index is 6.41. The first-order valence-corrected chi connectivity index (χ1v) is 21.2. The van der Waals surface area contributed by atoms with E-state index in [-0.39, 0.29) is 0 Å². The summed E-state index contributed by atoms with van der Waals surface area (Å²) in [6, 6.07) is 78.8. The van der Waals surface area contributed by atoms with Crippen molar-refractivity contribution in [2.45, 2.75) is 5.41 Å². The minimum absolute atomic E-state index is 0.594. The minimum atomic E-state index is -0.594. The summed E-state index contributed by atoms with van der Waals surface area (Å²) < 4.78 is 6.41. The first-order valence-electron chi connectivity index (χ1n) is 21.2. The fraction of sp³-hybridized carbons (Fsp3) is 0.0169. The predicted octanol–water partition coefficient (Wildman–Crippen LogP) is 15.1.